The molecule has 3 N–H and O–H groups in total. The molecule has 5 nitrogen and oxygen atoms in total. The number of rotatable bonds is 6. The number of benzene rings is 1. The van der Waals surface area contributed by atoms with Crippen LogP contribution in [0, 0.1) is 0 Å². The molecule has 124 valence electrons. The highest BCUT2D eigenvalue weighted by Gasteiger charge is 2.21. The van der Waals surface area contributed by atoms with Gasteiger partial charge in [-0.3, -0.25) is 0 Å². The Morgan fingerprint density at radius 3 is 2.55 bits per heavy atom. The van der Waals surface area contributed by atoms with E-state index in [-0.39, 0.29) is 13.0 Å². The van der Waals surface area contributed by atoms with E-state index in [1.807, 2.05) is 18.2 Å². The van der Waals surface area contributed by atoms with Crippen molar-refractivity contribution in [1.29, 1.82) is 0 Å². The van der Waals surface area contributed by atoms with Crippen molar-refractivity contribution in [3.63, 3.8) is 0 Å². The Bertz CT molecular complexity index is 487. The second kappa shape index (κ2) is 8.50. The van der Waals surface area contributed by atoms with Crippen LogP contribution in [-0.2, 0) is 10.1 Å². The molecule has 0 radical (unpaired) electrons. The molecule has 1 aromatic rings. The van der Waals surface area contributed by atoms with Gasteiger partial charge in [-0.15, -0.1) is 0 Å². The summed E-state index contributed by atoms with van der Waals surface area (Å²) in [6.45, 7) is 5.57. The Kier molecular flexibility index (Phi) is 7.32. The van der Waals surface area contributed by atoms with Crippen LogP contribution in [0.4, 0.5) is 4.79 Å². The highest BCUT2D eigenvalue weighted by Crippen LogP contribution is 2.24. The fourth-order valence-corrected chi connectivity index (χ4v) is 2.46. The summed E-state index contributed by atoms with van der Waals surface area (Å²) < 4.78 is 5.10. The summed E-state index contributed by atoms with van der Waals surface area (Å²) in [6.07, 6.45) is -2.25. The number of carbonyl (C=O) groups is 1. The first-order valence-electron chi connectivity index (χ1n) is 7.21. The normalized spacial score (nSPS) is 14.3. The van der Waals surface area contributed by atoms with E-state index in [1.54, 1.807) is 26.8 Å². The maximum absolute atomic E-state index is 11.5. The first-order valence-corrected chi connectivity index (χ1v) is 8.33. The van der Waals surface area contributed by atoms with Gasteiger partial charge in [-0.2, -0.15) is 0 Å². The van der Waals surface area contributed by atoms with E-state index in [0.29, 0.717) is 10.9 Å². The number of halogens is 1. The highest BCUT2D eigenvalue weighted by molar-refractivity contribution is 9.08. The molecule has 1 amide bonds. The molecule has 0 aliphatic heterocycles. The third-order valence-corrected chi connectivity index (χ3v) is 3.59. The topological polar surface area (TPSA) is 78.8 Å². The molecule has 0 spiro atoms. The van der Waals surface area contributed by atoms with Gasteiger partial charge < -0.3 is 20.3 Å². The summed E-state index contributed by atoms with van der Waals surface area (Å²) in [5.41, 5.74) is 1.05. The molecule has 0 fully saturated rings. The zero-order valence-electron chi connectivity index (χ0n) is 13.2. The Hall–Kier alpha value is -1.11. The van der Waals surface area contributed by atoms with E-state index < -0.39 is 23.9 Å². The van der Waals surface area contributed by atoms with E-state index in [4.69, 9.17) is 4.74 Å². The zero-order chi connectivity index (χ0) is 16.8. The summed E-state index contributed by atoms with van der Waals surface area (Å²) in [5.74, 6) is 0. The Balaban J connectivity index is 2.48. The fourth-order valence-electron chi connectivity index (χ4n) is 1.95. The van der Waals surface area contributed by atoms with Gasteiger partial charge in [0.25, 0.3) is 0 Å². The maximum atomic E-state index is 11.5. The quantitative estimate of drug-likeness (QED) is 0.669. The minimum absolute atomic E-state index is 0.226. The second-order valence-corrected chi connectivity index (χ2v) is 6.62. The van der Waals surface area contributed by atoms with Crippen molar-refractivity contribution in [3.8, 4) is 0 Å². The average molecular weight is 374 g/mol. The Labute approximate surface area is 139 Å². The zero-order valence-corrected chi connectivity index (χ0v) is 14.8. The van der Waals surface area contributed by atoms with Crippen LogP contribution in [0.2, 0.25) is 0 Å². The fraction of sp³-hybridized carbons (Fsp3) is 0.562. The lowest BCUT2D eigenvalue weighted by Crippen LogP contribution is -2.34. The number of alkyl carbamates (subject to hydrolysis) is 1. The van der Waals surface area contributed by atoms with Crippen LogP contribution >= 0.6 is 15.9 Å². The number of alkyl halides is 1. The van der Waals surface area contributed by atoms with Crippen LogP contribution in [0.5, 0.6) is 0 Å². The van der Waals surface area contributed by atoms with Gasteiger partial charge in [-0.1, -0.05) is 40.2 Å². The number of carbonyl (C=O) groups excluding carboxylic acids is 1. The molecule has 0 bridgehead atoms. The third-order valence-electron chi connectivity index (χ3n) is 2.99. The summed E-state index contributed by atoms with van der Waals surface area (Å²) in [6, 6.07) is 7.37. The van der Waals surface area contributed by atoms with Crippen LogP contribution in [0.25, 0.3) is 0 Å². The third kappa shape index (κ3) is 6.34. The van der Waals surface area contributed by atoms with Crippen LogP contribution in [0.15, 0.2) is 24.3 Å². The van der Waals surface area contributed by atoms with Crippen molar-refractivity contribution >= 4 is 22.0 Å². The van der Waals surface area contributed by atoms with Gasteiger partial charge in [0.15, 0.2) is 0 Å². The summed E-state index contributed by atoms with van der Waals surface area (Å²) in [4.78, 5) is 11.5. The SMILES string of the molecule is CC(C)(C)OC(=O)NCCC(O)C(O)c1ccccc1CBr. The predicted octanol–water partition coefficient (Wildman–Crippen LogP) is 2.89. The smallest absolute Gasteiger partial charge is 0.407 e. The second-order valence-electron chi connectivity index (χ2n) is 6.06. The van der Waals surface area contributed by atoms with Crippen LogP contribution in [-0.4, -0.2) is 34.6 Å². The van der Waals surface area contributed by atoms with Crippen molar-refractivity contribution in [1.82, 2.24) is 5.32 Å². The molecule has 0 aliphatic rings. The monoisotopic (exact) mass is 373 g/mol. The maximum Gasteiger partial charge on any atom is 0.407 e. The van der Waals surface area contributed by atoms with Crippen molar-refractivity contribution < 1.29 is 19.7 Å². The van der Waals surface area contributed by atoms with Gasteiger partial charge in [0, 0.05) is 11.9 Å². The van der Waals surface area contributed by atoms with E-state index in [1.165, 1.54) is 0 Å². The molecule has 1 aromatic carbocycles. The van der Waals surface area contributed by atoms with E-state index in [9.17, 15) is 15.0 Å². The summed E-state index contributed by atoms with van der Waals surface area (Å²) >= 11 is 3.36. The van der Waals surface area contributed by atoms with Gasteiger partial charge in [-0.25, -0.2) is 4.79 Å². The van der Waals surface area contributed by atoms with Crippen LogP contribution < -0.4 is 5.32 Å². The lowest BCUT2D eigenvalue weighted by molar-refractivity contribution is 0.0119. The molecular weight excluding hydrogens is 350 g/mol. The molecule has 1 rings (SSSR count). The van der Waals surface area contributed by atoms with Crippen molar-refractivity contribution in [3.05, 3.63) is 35.4 Å². The van der Waals surface area contributed by atoms with Gasteiger partial charge in [0.2, 0.25) is 0 Å². The number of ether oxygens (including phenoxy) is 1. The largest absolute Gasteiger partial charge is 0.444 e. The number of nitrogens with one attached hydrogen (secondary N) is 1. The van der Waals surface area contributed by atoms with Crippen molar-refractivity contribution in [2.75, 3.05) is 6.54 Å². The number of hydrogen-bond donors (Lipinski definition) is 3. The van der Waals surface area contributed by atoms with Gasteiger partial charge >= 0.3 is 6.09 Å². The molecule has 22 heavy (non-hydrogen) atoms. The Morgan fingerprint density at radius 2 is 1.95 bits per heavy atom. The van der Waals surface area contributed by atoms with Crippen molar-refractivity contribution in [2.45, 2.75) is 50.3 Å². The van der Waals surface area contributed by atoms with Gasteiger partial charge in [0.1, 0.15) is 11.7 Å². The average Bonchev–Trinajstić information content (AvgIpc) is 2.44. The standard InChI is InChI=1S/C16H24BrNO4/c1-16(2,3)22-15(21)18-9-8-13(19)14(20)12-7-5-4-6-11(12)10-17/h4-7,13-14,19-20H,8-10H2,1-3H3,(H,18,21). The number of aliphatic hydroxyl groups is 2. The number of hydrogen-bond acceptors (Lipinski definition) is 4. The minimum Gasteiger partial charge on any atom is -0.444 e. The van der Waals surface area contributed by atoms with Crippen molar-refractivity contribution in [2.24, 2.45) is 0 Å². The van der Waals surface area contributed by atoms with E-state index >= 15 is 0 Å². The molecule has 6 heteroatoms. The lowest BCUT2D eigenvalue weighted by Gasteiger charge is -2.22. The molecule has 0 heterocycles. The molecule has 2 unspecified atom stereocenters. The van der Waals surface area contributed by atoms with E-state index in [2.05, 4.69) is 21.2 Å². The molecule has 0 saturated heterocycles. The molecule has 0 aromatic heterocycles. The first-order chi connectivity index (χ1) is 10.2. The first kappa shape index (κ1) is 18.9. The minimum atomic E-state index is -0.991. The molecule has 0 aliphatic carbocycles. The predicted molar refractivity (Wildman–Crippen MR) is 88.9 cm³/mol. The molecular formula is C16H24BrNO4. The number of aliphatic hydroxyl groups excluding tert-OH is 2. The molecule has 2 atom stereocenters. The molecule has 0 saturated carbocycles. The number of amides is 1. The van der Waals surface area contributed by atoms with E-state index in [0.717, 1.165) is 5.56 Å². The lowest BCUT2D eigenvalue weighted by atomic mass is 9.98. The summed E-state index contributed by atoms with van der Waals surface area (Å²) in [5, 5.41) is 23.5. The van der Waals surface area contributed by atoms with Crippen LogP contribution in [0.1, 0.15) is 44.4 Å². The Morgan fingerprint density at radius 1 is 1.32 bits per heavy atom. The highest BCUT2D eigenvalue weighted by atomic mass is 79.9. The van der Waals surface area contributed by atoms with Gasteiger partial charge in [0.05, 0.1) is 6.10 Å². The summed E-state index contributed by atoms with van der Waals surface area (Å²) in [7, 11) is 0. The van der Waals surface area contributed by atoms with Crippen LogP contribution in [0.3, 0.4) is 0 Å². The van der Waals surface area contributed by atoms with Gasteiger partial charge in [-0.05, 0) is 38.3 Å².